The Labute approximate surface area is 170 Å². The number of ether oxygens (including phenoxy) is 1. The van der Waals surface area contributed by atoms with Gasteiger partial charge in [-0.2, -0.15) is 13.2 Å². The molecule has 1 amide bonds. The van der Waals surface area contributed by atoms with E-state index >= 15 is 0 Å². The van der Waals surface area contributed by atoms with Crippen LogP contribution in [-0.2, 0) is 28.5 Å². The minimum Gasteiger partial charge on any atom is -0.378 e. The molecule has 30 heavy (non-hydrogen) atoms. The summed E-state index contributed by atoms with van der Waals surface area (Å²) < 4.78 is 45.3. The Morgan fingerprint density at radius 2 is 2.03 bits per heavy atom. The number of hydrogen-bond donors (Lipinski definition) is 1. The molecule has 0 bridgehead atoms. The van der Waals surface area contributed by atoms with Crippen molar-refractivity contribution in [3.8, 4) is 0 Å². The van der Waals surface area contributed by atoms with Crippen LogP contribution >= 0.6 is 0 Å². The number of anilines is 2. The number of hydrogen-bond acceptors (Lipinski definition) is 5. The number of benzene rings is 1. The first kappa shape index (κ1) is 20.4. The highest BCUT2D eigenvalue weighted by atomic mass is 19.4. The van der Waals surface area contributed by atoms with E-state index in [1.807, 2.05) is 4.90 Å². The van der Waals surface area contributed by atoms with Crippen LogP contribution in [0.25, 0.3) is 0 Å². The Morgan fingerprint density at radius 3 is 2.73 bits per heavy atom. The highest BCUT2D eigenvalue weighted by Crippen LogP contribution is 2.41. The van der Waals surface area contributed by atoms with Crippen molar-refractivity contribution in [1.29, 1.82) is 0 Å². The molecule has 160 valence electrons. The van der Waals surface area contributed by atoms with Crippen LogP contribution < -0.4 is 15.4 Å². The maximum atomic E-state index is 13.3. The van der Waals surface area contributed by atoms with Crippen LogP contribution in [0.4, 0.5) is 24.7 Å². The Hall–Kier alpha value is -2.88. The first-order chi connectivity index (χ1) is 14.2. The summed E-state index contributed by atoms with van der Waals surface area (Å²) in [5, 5.41) is 0. The number of nitrogens with zero attached hydrogens (tertiary/aromatic N) is 3. The SMILES string of the molecule is C[C@H]1Cc2c(cccc2C(F)(F)F)N1C(=O)Cc1nc(N2CCOCC2)cc(=O)[nH]1. The van der Waals surface area contributed by atoms with Crippen molar-refractivity contribution in [2.75, 3.05) is 36.1 Å². The second-order valence-corrected chi connectivity index (χ2v) is 7.44. The number of nitrogens with one attached hydrogen (secondary N) is 1. The van der Waals surface area contributed by atoms with E-state index in [2.05, 4.69) is 9.97 Å². The Morgan fingerprint density at radius 1 is 1.30 bits per heavy atom. The lowest BCUT2D eigenvalue weighted by Gasteiger charge is -2.28. The van der Waals surface area contributed by atoms with Crippen LogP contribution in [0.1, 0.15) is 23.9 Å². The van der Waals surface area contributed by atoms with E-state index in [-0.39, 0.29) is 35.5 Å². The average Bonchev–Trinajstić information content (AvgIpc) is 3.03. The van der Waals surface area contributed by atoms with Crippen LogP contribution in [0, 0.1) is 0 Å². The van der Waals surface area contributed by atoms with Gasteiger partial charge in [-0.15, -0.1) is 0 Å². The molecule has 2 aliphatic rings. The van der Waals surface area contributed by atoms with Gasteiger partial charge in [0, 0.05) is 30.9 Å². The molecule has 1 fully saturated rings. The fourth-order valence-corrected chi connectivity index (χ4v) is 4.05. The van der Waals surface area contributed by atoms with E-state index in [1.54, 1.807) is 6.92 Å². The number of aromatic amines is 1. The Balaban J connectivity index is 1.60. The highest BCUT2D eigenvalue weighted by molar-refractivity contribution is 5.97. The van der Waals surface area contributed by atoms with Crippen LogP contribution in [0.5, 0.6) is 0 Å². The van der Waals surface area contributed by atoms with Gasteiger partial charge in [0.2, 0.25) is 5.91 Å². The van der Waals surface area contributed by atoms with Gasteiger partial charge < -0.3 is 19.5 Å². The molecule has 0 radical (unpaired) electrons. The molecule has 7 nitrogen and oxygen atoms in total. The zero-order chi connectivity index (χ0) is 21.5. The predicted molar refractivity (Wildman–Crippen MR) is 104 cm³/mol. The summed E-state index contributed by atoms with van der Waals surface area (Å²) in [6, 6.07) is 4.79. The van der Waals surface area contributed by atoms with Gasteiger partial charge >= 0.3 is 6.18 Å². The van der Waals surface area contributed by atoms with Crippen molar-refractivity contribution < 1.29 is 22.7 Å². The summed E-state index contributed by atoms with van der Waals surface area (Å²) in [6.07, 6.45) is -4.58. The Kier molecular flexibility index (Phi) is 5.27. The highest BCUT2D eigenvalue weighted by Gasteiger charge is 2.40. The van der Waals surface area contributed by atoms with Crippen LogP contribution in [0.3, 0.4) is 0 Å². The van der Waals surface area contributed by atoms with Crippen molar-refractivity contribution in [3.63, 3.8) is 0 Å². The summed E-state index contributed by atoms with van der Waals surface area (Å²) in [6.45, 7) is 3.91. The van der Waals surface area contributed by atoms with E-state index in [1.165, 1.54) is 23.1 Å². The van der Waals surface area contributed by atoms with Gasteiger partial charge in [0.05, 0.1) is 25.2 Å². The second-order valence-electron chi connectivity index (χ2n) is 7.44. The molecule has 1 N–H and O–H groups in total. The first-order valence-electron chi connectivity index (χ1n) is 9.68. The first-order valence-corrected chi connectivity index (χ1v) is 9.68. The molecule has 1 aromatic carbocycles. The third kappa shape index (κ3) is 3.91. The smallest absolute Gasteiger partial charge is 0.378 e. The molecule has 0 saturated carbocycles. The van der Waals surface area contributed by atoms with Crippen LogP contribution in [-0.4, -0.2) is 48.2 Å². The molecular weight excluding hydrogens is 401 g/mol. The van der Waals surface area contributed by atoms with Gasteiger partial charge in [-0.25, -0.2) is 4.98 Å². The zero-order valence-corrected chi connectivity index (χ0v) is 16.3. The summed E-state index contributed by atoms with van der Waals surface area (Å²) in [5.41, 5.74) is -0.727. The third-order valence-electron chi connectivity index (χ3n) is 5.36. The van der Waals surface area contributed by atoms with Gasteiger partial charge in [0.1, 0.15) is 11.6 Å². The molecule has 2 aromatic rings. The van der Waals surface area contributed by atoms with E-state index in [0.717, 1.165) is 6.07 Å². The summed E-state index contributed by atoms with van der Waals surface area (Å²) in [4.78, 5) is 35.3. The van der Waals surface area contributed by atoms with Crippen molar-refractivity contribution in [2.24, 2.45) is 0 Å². The number of alkyl halides is 3. The van der Waals surface area contributed by atoms with E-state index in [4.69, 9.17) is 4.74 Å². The molecule has 0 unspecified atom stereocenters. The number of morpholine rings is 1. The van der Waals surface area contributed by atoms with Gasteiger partial charge in [0.25, 0.3) is 5.56 Å². The lowest BCUT2D eigenvalue weighted by atomic mass is 10.0. The van der Waals surface area contributed by atoms with E-state index in [9.17, 15) is 22.8 Å². The van der Waals surface area contributed by atoms with Crippen molar-refractivity contribution in [3.05, 3.63) is 51.6 Å². The van der Waals surface area contributed by atoms with E-state index < -0.39 is 23.7 Å². The van der Waals surface area contributed by atoms with Gasteiger partial charge in [-0.05, 0) is 31.0 Å². The fraction of sp³-hybridized carbons (Fsp3) is 0.450. The Bertz CT molecular complexity index is 1020. The summed E-state index contributed by atoms with van der Waals surface area (Å²) in [7, 11) is 0. The normalized spacial score (nSPS) is 19.1. The standard InChI is InChI=1S/C20H21F3N4O3/c1-12-9-13-14(20(21,22)23)3-2-4-15(13)27(12)19(29)10-16-24-17(11-18(28)25-16)26-5-7-30-8-6-26/h2-4,11-12H,5-10H2,1H3,(H,24,25,28)/t12-/m0/s1. The van der Waals surface area contributed by atoms with Crippen molar-refractivity contribution >= 4 is 17.4 Å². The number of rotatable bonds is 3. The molecule has 10 heteroatoms. The molecule has 0 spiro atoms. The van der Waals surface area contributed by atoms with Crippen LogP contribution in [0.2, 0.25) is 0 Å². The van der Waals surface area contributed by atoms with Gasteiger partial charge in [0.15, 0.2) is 0 Å². The second kappa shape index (κ2) is 7.75. The van der Waals surface area contributed by atoms with Crippen molar-refractivity contribution in [1.82, 2.24) is 9.97 Å². The minimum absolute atomic E-state index is 0.120. The molecule has 4 rings (SSSR count). The molecule has 1 aromatic heterocycles. The number of aromatic nitrogens is 2. The lowest BCUT2D eigenvalue weighted by molar-refractivity contribution is -0.138. The maximum Gasteiger partial charge on any atom is 0.416 e. The zero-order valence-electron chi connectivity index (χ0n) is 16.3. The molecule has 1 atom stereocenters. The number of fused-ring (bicyclic) bond motifs is 1. The molecule has 0 aliphatic carbocycles. The molecule has 1 saturated heterocycles. The lowest BCUT2D eigenvalue weighted by Crippen LogP contribution is -2.39. The average molecular weight is 422 g/mol. The fourth-order valence-electron chi connectivity index (χ4n) is 4.05. The van der Waals surface area contributed by atoms with Crippen molar-refractivity contribution in [2.45, 2.75) is 32.0 Å². The molecule has 3 heterocycles. The molecular formula is C20H21F3N4O3. The number of H-pyrrole nitrogens is 1. The summed E-state index contributed by atoms with van der Waals surface area (Å²) in [5.74, 6) is 0.226. The number of carbonyl (C=O) groups excluding carboxylic acids is 1. The van der Waals surface area contributed by atoms with Crippen LogP contribution in [0.15, 0.2) is 29.1 Å². The third-order valence-corrected chi connectivity index (χ3v) is 5.36. The number of amides is 1. The number of halogens is 3. The van der Waals surface area contributed by atoms with E-state index in [0.29, 0.717) is 32.1 Å². The minimum atomic E-state index is -4.48. The predicted octanol–water partition coefficient (Wildman–Crippen LogP) is 2.15. The number of carbonyl (C=O) groups is 1. The van der Waals surface area contributed by atoms with Gasteiger partial charge in [-0.3, -0.25) is 9.59 Å². The van der Waals surface area contributed by atoms with Gasteiger partial charge in [-0.1, -0.05) is 6.07 Å². The largest absolute Gasteiger partial charge is 0.416 e. The molecule has 2 aliphatic heterocycles. The monoisotopic (exact) mass is 422 g/mol. The topological polar surface area (TPSA) is 78.5 Å². The quantitative estimate of drug-likeness (QED) is 0.820. The maximum absolute atomic E-state index is 13.3. The summed E-state index contributed by atoms with van der Waals surface area (Å²) >= 11 is 0.